The molecule has 4 rings (SSSR count). The molecule has 4 aromatic rings. The topological polar surface area (TPSA) is 81.7 Å². The number of aryl methyl sites for hydroxylation is 1. The van der Waals surface area contributed by atoms with Crippen LogP contribution in [-0.4, -0.2) is 25.2 Å². The van der Waals surface area contributed by atoms with Crippen LogP contribution in [0.25, 0.3) is 10.9 Å². The van der Waals surface area contributed by atoms with Crippen molar-refractivity contribution in [2.75, 3.05) is 24.9 Å². The molecule has 0 aliphatic rings. The Labute approximate surface area is 190 Å². The van der Waals surface area contributed by atoms with Crippen LogP contribution >= 0.6 is 0 Å². The van der Waals surface area contributed by atoms with Gasteiger partial charge in [-0.1, -0.05) is 12.1 Å². The van der Waals surface area contributed by atoms with Gasteiger partial charge >= 0.3 is 6.03 Å². The largest absolute Gasteiger partial charge is 0.493 e. The van der Waals surface area contributed by atoms with E-state index < -0.39 is 11.8 Å². The summed E-state index contributed by atoms with van der Waals surface area (Å²) in [6, 6.07) is 16.1. The first-order valence-electron chi connectivity index (χ1n) is 10.1. The van der Waals surface area contributed by atoms with Gasteiger partial charge in [0.2, 0.25) is 0 Å². The van der Waals surface area contributed by atoms with Crippen LogP contribution in [0.1, 0.15) is 5.56 Å². The van der Waals surface area contributed by atoms with Crippen LogP contribution in [0.3, 0.4) is 0 Å². The van der Waals surface area contributed by atoms with Crippen LogP contribution in [0.4, 0.5) is 20.6 Å². The second-order valence-corrected chi connectivity index (χ2v) is 7.23. The van der Waals surface area contributed by atoms with Crippen molar-refractivity contribution in [1.82, 2.24) is 4.98 Å². The first-order chi connectivity index (χ1) is 16.0. The summed E-state index contributed by atoms with van der Waals surface area (Å²) in [5, 5.41) is 5.86. The van der Waals surface area contributed by atoms with Gasteiger partial charge in [-0.2, -0.15) is 0 Å². The van der Waals surface area contributed by atoms with Crippen molar-refractivity contribution >= 4 is 28.3 Å². The third-order valence-electron chi connectivity index (χ3n) is 4.90. The molecule has 0 unspecified atom stereocenters. The number of halogens is 1. The number of anilines is 2. The van der Waals surface area contributed by atoms with Crippen molar-refractivity contribution in [3.63, 3.8) is 0 Å². The molecule has 0 saturated carbocycles. The highest BCUT2D eigenvalue weighted by atomic mass is 19.1. The normalized spacial score (nSPS) is 10.5. The number of benzene rings is 3. The number of nitrogens with zero attached hydrogens (tertiary/aromatic N) is 1. The highest BCUT2D eigenvalue weighted by molar-refractivity contribution is 5.99. The molecular weight excluding hydrogens is 425 g/mol. The van der Waals surface area contributed by atoms with Crippen LogP contribution < -0.4 is 24.8 Å². The Balaban J connectivity index is 1.52. The molecule has 0 spiro atoms. The van der Waals surface area contributed by atoms with E-state index in [9.17, 15) is 9.18 Å². The standard InChI is InChI=1S/C25H22FN3O4/c1-15-5-4-6-16(11-15)28-25(30)29-20-8-7-17(12-19(20)26)33-22-9-10-27-21-14-24(32-3)23(31-2)13-18(21)22/h4-14H,1-3H3,(H2,28,29,30). The van der Waals surface area contributed by atoms with Crippen LogP contribution in [0.15, 0.2) is 66.9 Å². The van der Waals surface area contributed by atoms with Gasteiger partial charge in [0.15, 0.2) is 11.5 Å². The lowest BCUT2D eigenvalue weighted by molar-refractivity contribution is 0.262. The summed E-state index contributed by atoms with van der Waals surface area (Å²) in [5.41, 5.74) is 2.28. The first kappa shape index (κ1) is 21.9. The molecule has 2 amide bonds. The first-order valence-corrected chi connectivity index (χ1v) is 10.1. The van der Waals surface area contributed by atoms with Crippen molar-refractivity contribution in [3.8, 4) is 23.0 Å². The molecule has 0 aliphatic carbocycles. The van der Waals surface area contributed by atoms with Crippen LogP contribution in [0.5, 0.6) is 23.0 Å². The highest BCUT2D eigenvalue weighted by Gasteiger charge is 2.13. The number of methoxy groups -OCH3 is 2. The molecule has 0 bridgehead atoms. The third kappa shape index (κ3) is 4.95. The van der Waals surface area contributed by atoms with E-state index in [1.54, 1.807) is 43.6 Å². The summed E-state index contributed by atoms with van der Waals surface area (Å²) in [4.78, 5) is 16.6. The van der Waals surface area contributed by atoms with E-state index in [2.05, 4.69) is 15.6 Å². The Bertz CT molecular complexity index is 1330. The number of rotatable bonds is 6. The lowest BCUT2D eigenvalue weighted by Crippen LogP contribution is -2.20. The Morgan fingerprint density at radius 3 is 2.42 bits per heavy atom. The van der Waals surface area contributed by atoms with Gasteiger partial charge in [-0.05, 0) is 48.9 Å². The summed E-state index contributed by atoms with van der Waals surface area (Å²) >= 11 is 0. The minimum atomic E-state index is -0.635. The minimum absolute atomic E-state index is 0.0264. The molecule has 2 N–H and O–H groups in total. The molecule has 1 aromatic heterocycles. The van der Waals surface area contributed by atoms with E-state index in [0.717, 1.165) is 5.56 Å². The maximum Gasteiger partial charge on any atom is 0.323 e. The number of carbonyl (C=O) groups is 1. The number of hydrogen-bond donors (Lipinski definition) is 2. The van der Waals surface area contributed by atoms with E-state index in [1.165, 1.54) is 19.2 Å². The number of nitrogens with one attached hydrogen (secondary N) is 2. The monoisotopic (exact) mass is 447 g/mol. The SMILES string of the molecule is COc1cc2nccc(Oc3ccc(NC(=O)Nc4cccc(C)c4)c(F)c3)c2cc1OC. The predicted molar refractivity (Wildman–Crippen MR) is 125 cm³/mol. The minimum Gasteiger partial charge on any atom is -0.493 e. The average molecular weight is 447 g/mol. The number of urea groups is 1. The highest BCUT2D eigenvalue weighted by Crippen LogP contribution is 2.37. The van der Waals surface area contributed by atoms with Crippen LogP contribution in [0.2, 0.25) is 0 Å². The predicted octanol–water partition coefficient (Wildman–Crippen LogP) is 6.14. The molecule has 168 valence electrons. The molecule has 0 radical (unpaired) electrons. The number of ether oxygens (including phenoxy) is 3. The molecule has 1 heterocycles. The molecule has 8 heteroatoms. The second-order valence-electron chi connectivity index (χ2n) is 7.23. The van der Waals surface area contributed by atoms with Gasteiger partial charge in [-0.25, -0.2) is 9.18 Å². The smallest absolute Gasteiger partial charge is 0.323 e. The third-order valence-corrected chi connectivity index (χ3v) is 4.90. The maximum absolute atomic E-state index is 14.7. The van der Waals surface area contributed by atoms with Crippen molar-refractivity contribution in [3.05, 3.63) is 78.2 Å². The van der Waals surface area contributed by atoms with E-state index in [-0.39, 0.29) is 11.4 Å². The van der Waals surface area contributed by atoms with Crippen molar-refractivity contribution in [2.24, 2.45) is 0 Å². The zero-order valence-corrected chi connectivity index (χ0v) is 18.3. The fourth-order valence-corrected chi connectivity index (χ4v) is 3.33. The fraction of sp³-hybridized carbons (Fsp3) is 0.120. The summed E-state index contributed by atoms with van der Waals surface area (Å²) in [6.07, 6.45) is 1.59. The quantitative estimate of drug-likeness (QED) is 0.371. The Morgan fingerprint density at radius 2 is 1.70 bits per heavy atom. The number of pyridine rings is 1. The zero-order chi connectivity index (χ0) is 23.4. The fourth-order valence-electron chi connectivity index (χ4n) is 3.33. The van der Waals surface area contributed by atoms with E-state index in [4.69, 9.17) is 14.2 Å². The zero-order valence-electron chi connectivity index (χ0n) is 18.3. The number of amides is 2. The molecule has 0 aliphatic heterocycles. The summed E-state index contributed by atoms with van der Waals surface area (Å²) < 4.78 is 31.3. The van der Waals surface area contributed by atoms with Gasteiger partial charge in [0.05, 0.1) is 25.4 Å². The number of hydrogen-bond acceptors (Lipinski definition) is 5. The molecule has 0 saturated heterocycles. The average Bonchev–Trinajstić information content (AvgIpc) is 2.80. The molecular formula is C25H22FN3O4. The van der Waals surface area contributed by atoms with Gasteiger partial charge in [0.1, 0.15) is 17.3 Å². The summed E-state index contributed by atoms with van der Waals surface area (Å²) in [6.45, 7) is 1.92. The Kier molecular flexibility index (Phi) is 6.26. The molecule has 3 aromatic carbocycles. The summed E-state index contributed by atoms with van der Waals surface area (Å²) in [5.74, 6) is 1.16. The lowest BCUT2D eigenvalue weighted by Gasteiger charge is -2.13. The van der Waals surface area contributed by atoms with Crippen molar-refractivity contribution < 1.29 is 23.4 Å². The van der Waals surface area contributed by atoms with Crippen LogP contribution in [-0.2, 0) is 0 Å². The molecule has 0 fully saturated rings. The maximum atomic E-state index is 14.7. The van der Waals surface area contributed by atoms with Gasteiger partial charge in [-0.3, -0.25) is 4.98 Å². The molecule has 7 nitrogen and oxygen atoms in total. The summed E-state index contributed by atoms with van der Waals surface area (Å²) in [7, 11) is 3.08. The number of aromatic nitrogens is 1. The second kappa shape index (κ2) is 9.44. The molecule has 0 atom stereocenters. The lowest BCUT2D eigenvalue weighted by atomic mass is 10.2. The van der Waals surface area contributed by atoms with Gasteiger partial charge in [0.25, 0.3) is 0 Å². The van der Waals surface area contributed by atoms with Crippen LogP contribution in [0, 0.1) is 12.7 Å². The van der Waals surface area contributed by atoms with Crippen molar-refractivity contribution in [2.45, 2.75) is 6.92 Å². The van der Waals surface area contributed by atoms with E-state index in [0.29, 0.717) is 33.8 Å². The van der Waals surface area contributed by atoms with Crippen molar-refractivity contribution in [1.29, 1.82) is 0 Å². The molecule has 33 heavy (non-hydrogen) atoms. The van der Waals surface area contributed by atoms with Gasteiger partial charge in [-0.15, -0.1) is 0 Å². The van der Waals surface area contributed by atoms with Gasteiger partial charge in [0, 0.05) is 29.4 Å². The van der Waals surface area contributed by atoms with Gasteiger partial charge < -0.3 is 24.8 Å². The number of fused-ring (bicyclic) bond motifs is 1. The number of carbonyl (C=O) groups excluding carboxylic acids is 1. The van der Waals surface area contributed by atoms with E-state index in [1.807, 2.05) is 25.1 Å². The Hall–Kier alpha value is -4.33. The van der Waals surface area contributed by atoms with E-state index >= 15 is 0 Å². The Morgan fingerprint density at radius 1 is 0.909 bits per heavy atom.